The average Bonchev–Trinajstić information content (AvgIpc) is 2.85. The van der Waals surface area contributed by atoms with Gasteiger partial charge in [-0.25, -0.2) is 4.79 Å². The number of hydrogen-bond acceptors (Lipinski definition) is 3. The van der Waals surface area contributed by atoms with Crippen LogP contribution in [0.3, 0.4) is 0 Å². The fourth-order valence-corrected chi connectivity index (χ4v) is 3.25. The molecule has 1 aliphatic heterocycles. The van der Waals surface area contributed by atoms with Gasteiger partial charge in [-0.2, -0.15) is 0 Å². The van der Waals surface area contributed by atoms with Crippen LogP contribution in [0.15, 0.2) is 42.5 Å². The van der Waals surface area contributed by atoms with Crippen molar-refractivity contribution < 1.29 is 14.4 Å². The standard InChI is InChI=1S/C20H23N3O3/c1-4-13(2)21-17(24)12-23-18(25)20(3,22-19(23)26)16-11-7-9-14-8-5-6-10-15(14)16/h5-11,13H,4,12H2,1-3H3,(H,21,24)(H,22,26)/t13-,20+/m0/s1. The molecule has 1 fully saturated rings. The van der Waals surface area contributed by atoms with Crippen molar-refractivity contribution in [3.63, 3.8) is 0 Å². The third-order valence-electron chi connectivity index (χ3n) is 4.92. The van der Waals surface area contributed by atoms with Gasteiger partial charge in [-0.15, -0.1) is 0 Å². The number of amides is 4. The molecule has 0 aromatic heterocycles. The summed E-state index contributed by atoms with van der Waals surface area (Å²) in [5.74, 6) is -0.761. The lowest BCUT2D eigenvalue weighted by atomic mass is 9.88. The van der Waals surface area contributed by atoms with Crippen molar-refractivity contribution in [1.29, 1.82) is 0 Å². The number of benzene rings is 2. The molecule has 2 N–H and O–H groups in total. The molecule has 0 bridgehead atoms. The Morgan fingerprint density at radius 3 is 2.62 bits per heavy atom. The molecule has 136 valence electrons. The molecule has 2 atom stereocenters. The van der Waals surface area contributed by atoms with Crippen molar-refractivity contribution in [1.82, 2.24) is 15.5 Å². The molecule has 1 saturated heterocycles. The highest BCUT2D eigenvalue weighted by Gasteiger charge is 2.50. The van der Waals surface area contributed by atoms with Gasteiger partial charge in [0.05, 0.1) is 0 Å². The minimum absolute atomic E-state index is 0.00674. The third-order valence-corrected chi connectivity index (χ3v) is 4.92. The monoisotopic (exact) mass is 353 g/mol. The van der Waals surface area contributed by atoms with Gasteiger partial charge in [-0.05, 0) is 36.6 Å². The summed E-state index contributed by atoms with van der Waals surface area (Å²) in [7, 11) is 0. The summed E-state index contributed by atoms with van der Waals surface area (Å²) in [4.78, 5) is 38.6. The van der Waals surface area contributed by atoms with Gasteiger partial charge in [0.25, 0.3) is 5.91 Å². The van der Waals surface area contributed by atoms with Crippen molar-refractivity contribution >= 4 is 28.6 Å². The molecule has 6 heteroatoms. The van der Waals surface area contributed by atoms with Crippen LogP contribution in [0.2, 0.25) is 0 Å². The summed E-state index contributed by atoms with van der Waals surface area (Å²) in [5, 5.41) is 7.44. The van der Waals surface area contributed by atoms with Crippen LogP contribution in [0.5, 0.6) is 0 Å². The molecule has 3 rings (SSSR count). The van der Waals surface area contributed by atoms with Gasteiger partial charge in [0.15, 0.2) is 0 Å². The predicted molar refractivity (Wildman–Crippen MR) is 99.4 cm³/mol. The van der Waals surface area contributed by atoms with Crippen molar-refractivity contribution in [2.24, 2.45) is 0 Å². The van der Waals surface area contributed by atoms with E-state index in [1.54, 1.807) is 6.92 Å². The number of nitrogens with zero attached hydrogens (tertiary/aromatic N) is 1. The van der Waals surface area contributed by atoms with E-state index >= 15 is 0 Å². The smallest absolute Gasteiger partial charge is 0.325 e. The van der Waals surface area contributed by atoms with E-state index in [0.717, 1.165) is 27.7 Å². The largest absolute Gasteiger partial charge is 0.352 e. The Kier molecular flexibility index (Phi) is 4.68. The Bertz CT molecular complexity index is 874. The van der Waals surface area contributed by atoms with Gasteiger partial charge >= 0.3 is 6.03 Å². The number of fused-ring (bicyclic) bond motifs is 1. The van der Waals surface area contributed by atoms with Crippen molar-refractivity contribution in [2.75, 3.05) is 6.54 Å². The van der Waals surface area contributed by atoms with Crippen LogP contribution >= 0.6 is 0 Å². The van der Waals surface area contributed by atoms with Gasteiger partial charge in [0.1, 0.15) is 12.1 Å². The van der Waals surface area contributed by atoms with Crippen molar-refractivity contribution in [3.05, 3.63) is 48.0 Å². The second-order valence-corrected chi connectivity index (χ2v) is 6.85. The Morgan fingerprint density at radius 2 is 1.88 bits per heavy atom. The van der Waals surface area contributed by atoms with Gasteiger partial charge < -0.3 is 10.6 Å². The number of carbonyl (C=O) groups excluding carboxylic acids is 3. The van der Waals surface area contributed by atoms with Crippen LogP contribution in [0.25, 0.3) is 10.8 Å². The molecule has 0 aliphatic carbocycles. The summed E-state index contributed by atoms with van der Waals surface area (Å²) in [6.07, 6.45) is 0.777. The van der Waals surface area contributed by atoms with Crippen LogP contribution in [0.4, 0.5) is 4.79 Å². The first-order chi connectivity index (χ1) is 12.4. The second kappa shape index (κ2) is 6.78. The maximum atomic E-state index is 13.0. The van der Waals surface area contributed by atoms with E-state index in [-0.39, 0.29) is 18.5 Å². The first-order valence-corrected chi connectivity index (χ1v) is 8.78. The number of carbonyl (C=O) groups is 3. The normalized spacial score (nSPS) is 21.0. The summed E-state index contributed by atoms with van der Waals surface area (Å²) in [5.41, 5.74) is -0.479. The molecule has 1 heterocycles. The highest BCUT2D eigenvalue weighted by atomic mass is 16.2. The summed E-state index contributed by atoms with van der Waals surface area (Å²) < 4.78 is 0. The van der Waals surface area contributed by atoms with E-state index < -0.39 is 17.5 Å². The zero-order valence-electron chi connectivity index (χ0n) is 15.2. The molecule has 0 unspecified atom stereocenters. The summed E-state index contributed by atoms with van der Waals surface area (Å²) in [6.45, 7) is 5.23. The van der Waals surface area contributed by atoms with Crippen LogP contribution in [0.1, 0.15) is 32.8 Å². The minimum Gasteiger partial charge on any atom is -0.352 e. The molecular formula is C20H23N3O3. The third kappa shape index (κ3) is 3.03. The number of urea groups is 1. The van der Waals surface area contributed by atoms with Crippen LogP contribution in [-0.2, 0) is 15.1 Å². The highest BCUT2D eigenvalue weighted by molar-refractivity contribution is 6.10. The highest BCUT2D eigenvalue weighted by Crippen LogP contribution is 2.33. The van der Waals surface area contributed by atoms with Gasteiger partial charge in [0.2, 0.25) is 5.91 Å². The quantitative estimate of drug-likeness (QED) is 0.811. The number of nitrogens with one attached hydrogen (secondary N) is 2. The number of hydrogen-bond donors (Lipinski definition) is 2. The van der Waals surface area contributed by atoms with E-state index in [2.05, 4.69) is 10.6 Å². The van der Waals surface area contributed by atoms with Crippen LogP contribution in [-0.4, -0.2) is 35.3 Å². The predicted octanol–water partition coefficient (Wildman–Crippen LogP) is 2.52. The van der Waals surface area contributed by atoms with E-state index in [0.29, 0.717) is 0 Å². The molecular weight excluding hydrogens is 330 g/mol. The van der Waals surface area contributed by atoms with Crippen molar-refractivity contribution in [2.45, 2.75) is 38.8 Å². The maximum absolute atomic E-state index is 13.0. The lowest BCUT2D eigenvalue weighted by molar-refractivity contribution is -0.135. The van der Waals surface area contributed by atoms with Crippen molar-refractivity contribution in [3.8, 4) is 0 Å². The zero-order chi connectivity index (χ0) is 18.9. The summed E-state index contributed by atoms with van der Waals surface area (Å²) >= 11 is 0. The average molecular weight is 353 g/mol. The van der Waals surface area contributed by atoms with Gasteiger partial charge in [-0.3, -0.25) is 14.5 Å². The minimum atomic E-state index is -1.20. The Balaban J connectivity index is 1.91. The topological polar surface area (TPSA) is 78.5 Å². The number of imide groups is 1. The maximum Gasteiger partial charge on any atom is 0.325 e. The second-order valence-electron chi connectivity index (χ2n) is 6.85. The fourth-order valence-electron chi connectivity index (χ4n) is 3.25. The summed E-state index contributed by atoms with van der Waals surface area (Å²) in [6, 6.07) is 12.8. The molecule has 0 saturated carbocycles. The molecule has 2 aromatic rings. The van der Waals surface area contributed by atoms with E-state index in [1.165, 1.54) is 0 Å². The SMILES string of the molecule is CC[C@H](C)NC(=O)CN1C(=O)N[C@](C)(c2cccc3ccccc23)C1=O. The molecule has 2 aromatic carbocycles. The molecule has 0 radical (unpaired) electrons. The zero-order valence-corrected chi connectivity index (χ0v) is 15.2. The number of rotatable bonds is 5. The Labute approximate surface area is 152 Å². The van der Waals surface area contributed by atoms with E-state index in [9.17, 15) is 14.4 Å². The molecule has 6 nitrogen and oxygen atoms in total. The molecule has 4 amide bonds. The lowest BCUT2D eigenvalue weighted by Crippen LogP contribution is -2.44. The van der Waals surface area contributed by atoms with Crippen LogP contribution in [0, 0.1) is 0 Å². The lowest BCUT2D eigenvalue weighted by Gasteiger charge is -2.24. The van der Waals surface area contributed by atoms with Gasteiger partial charge in [-0.1, -0.05) is 49.4 Å². The van der Waals surface area contributed by atoms with E-state index in [1.807, 2.05) is 56.3 Å². The fraction of sp³-hybridized carbons (Fsp3) is 0.350. The molecule has 26 heavy (non-hydrogen) atoms. The molecule has 1 aliphatic rings. The van der Waals surface area contributed by atoms with Crippen LogP contribution < -0.4 is 10.6 Å². The van der Waals surface area contributed by atoms with Gasteiger partial charge in [0, 0.05) is 6.04 Å². The first-order valence-electron chi connectivity index (χ1n) is 8.78. The Morgan fingerprint density at radius 1 is 1.19 bits per heavy atom. The molecule has 0 spiro atoms. The van der Waals surface area contributed by atoms with E-state index in [4.69, 9.17) is 0 Å². The Hall–Kier alpha value is -2.89. The first kappa shape index (κ1) is 17.9.